The highest BCUT2D eigenvalue weighted by atomic mass is 31.2. The van der Waals surface area contributed by atoms with Crippen LogP contribution in [0.3, 0.4) is 0 Å². The Bertz CT molecular complexity index is 1530. The molecule has 0 fully saturated rings. The van der Waals surface area contributed by atoms with Gasteiger partial charge in [-0.15, -0.1) is 0 Å². The lowest BCUT2D eigenvalue weighted by atomic mass is 10.0. The van der Waals surface area contributed by atoms with Crippen LogP contribution in [0.4, 0.5) is 0 Å². The first-order valence-corrected chi connectivity index (χ1v) is 33.9. The Kier molecular flexibility index (Phi) is 56.6. The molecular weight excluding hydrogens is 972 g/mol. The maximum absolute atomic E-state index is 13.0. The van der Waals surface area contributed by atoms with Crippen LogP contribution in [-0.2, 0) is 18.4 Å². The van der Waals surface area contributed by atoms with Crippen molar-refractivity contribution in [3.05, 3.63) is 85.1 Å². The molecule has 0 heterocycles. The number of aliphatic hydroxyl groups is 1. The number of amides is 1. The number of phosphoric acid groups is 1. The van der Waals surface area contributed by atoms with Crippen LogP contribution >= 0.6 is 7.82 Å². The van der Waals surface area contributed by atoms with E-state index < -0.39 is 20.0 Å². The van der Waals surface area contributed by atoms with Crippen LogP contribution in [0.25, 0.3) is 0 Å². The van der Waals surface area contributed by atoms with Crippen molar-refractivity contribution < 1.29 is 32.9 Å². The fourth-order valence-corrected chi connectivity index (χ4v) is 10.1. The fourth-order valence-electron chi connectivity index (χ4n) is 9.38. The van der Waals surface area contributed by atoms with E-state index in [2.05, 4.69) is 104 Å². The Morgan fingerprint density at radius 1 is 0.455 bits per heavy atom. The summed E-state index contributed by atoms with van der Waals surface area (Å²) in [4.78, 5) is 23.4. The number of carbonyl (C=O) groups is 1. The van der Waals surface area contributed by atoms with E-state index in [4.69, 9.17) is 9.05 Å². The Balaban J connectivity index is 4.16. The molecule has 8 nitrogen and oxygen atoms in total. The van der Waals surface area contributed by atoms with Crippen molar-refractivity contribution >= 4 is 13.7 Å². The monoisotopic (exact) mass is 1100 g/mol. The van der Waals surface area contributed by atoms with E-state index in [1.165, 1.54) is 173 Å². The van der Waals surface area contributed by atoms with Gasteiger partial charge >= 0.3 is 7.82 Å². The normalized spacial score (nSPS) is 14.3. The smallest absolute Gasteiger partial charge is 0.391 e. The summed E-state index contributed by atoms with van der Waals surface area (Å²) in [6, 6.07) is -0.786. The number of nitrogens with zero attached hydrogens (tertiary/aromatic N) is 1. The minimum Gasteiger partial charge on any atom is -0.391 e. The molecule has 3 N–H and O–H groups in total. The average Bonchev–Trinajstić information content (AvgIpc) is 3.39. The van der Waals surface area contributed by atoms with Crippen LogP contribution in [0.5, 0.6) is 0 Å². The first-order chi connectivity index (χ1) is 37.5. The zero-order valence-electron chi connectivity index (χ0n) is 51.2. The minimum absolute atomic E-state index is 0.0637. The Morgan fingerprint density at radius 3 is 1.13 bits per heavy atom. The standard InChI is InChI=1S/C68H125N2O6P/c1-6-8-10-12-14-16-18-20-22-24-26-28-30-32-33-34-35-36-38-39-41-43-45-47-49-51-53-55-57-59-61-67(71)66(65-76-77(73,74)75-64-63-70(3,4)5)69-68(72)62-60-58-56-54-52-50-48-46-44-42-40-37-31-29-27-25-23-21-19-17-15-13-11-9-7-2/h9,11,15,17,21,23,27,29,37,40,44,46,50,52,66-67,71H,6-8,10,12-14,16,18-20,22,24-26,28,30-36,38-39,41-43,45,47-49,51,53-65H2,1-5H3,(H-,69,72,73,74)/p+1/b11-9-,17-15-,23-21-,29-27-,40-37-,46-44-,52-50-. The highest BCUT2D eigenvalue weighted by Gasteiger charge is 2.28. The zero-order chi connectivity index (χ0) is 56.3. The lowest BCUT2D eigenvalue weighted by molar-refractivity contribution is -0.870. The van der Waals surface area contributed by atoms with Gasteiger partial charge in [0.25, 0.3) is 0 Å². The molecule has 0 bridgehead atoms. The summed E-state index contributed by atoms with van der Waals surface area (Å²) in [7, 11) is 1.59. The Hall–Kier alpha value is -2.32. The van der Waals surface area contributed by atoms with Crippen molar-refractivity contribution in [2.45, 2.75) is 302 Å². The van der Waals surface area contributed by atoms with Gasteiger partial charge in [-0.1, -0.05) is 298 Å². The minimum atomic E-state index is -4.34. The predicted octanol–water partition coefficient (Wildman–Crippen LogP) is 20.4. The Labute approximate surface area is 477 Å². The lowest BCUT2D eigenvalue weighted by Gasteiger charge is -2.26. The number of carbonyl (C=O) groups excluding carboxylic acids is 1. The summed E-state index contributed by atoms with van der Waals surface area (Å²) in [6.45, 7) is 4.77. The van der Waals surface area contributed by atoms with E-state index in [0.717, 1.165) is 89.9 Å². The number of quaternary nitrogens is 1. The van der Waals surface area contributed by atoms with Crippen molar-refractivity contribution in [2.75, 3.05) is 40.9 Å². The summed E-state index contributed by atoms with van der Waals surface area (Å²) in [5.41, 5.74) is 0. The van der Waals surface area contributed by atoms with Crippen LogP contribution in [-0.4, -0.2) is 73.4 Å². The second-order valence-corrected chi connectivity index (χ2v) is 24.6. The third-order valence-corrected chi connectivity index (χ3v) is 15.4. The van der Waals surface area contributed by atoms with Gasteiger partial charge in [-0.3, -0.25) is 13.8 Å². The van der Waals surface area contributed by atoms with E-state index >= 15 is 0 Å². The second-order valence-electron chi connectivity index (χ2n) is 23.1. The van der Waals surface area contributed by atoms with Gasteiger partial charge in [-0.05, 0) is 70.6 Å². The summed E-state index contributed by atoms with van der Waals surface area (Å²) >= 11 is 0. The van der Waals surface area contributed by atoms with Crippen molar-refractivity contribution in [2.24, 2.45) is 0 Å². The van der Waals surface area contributed by atoms with Gasteiger partial charge in [-0.25, -0.2) is 4.57 Å². The lowest BCUT2D eigenvalue weighted by Crippen LogP contribution is -2.46. The first-order valence-electron chi connectivity index (χ1n) is 32.5. The van der Waals surface area contributed by atoms with Crippen LogP contribution in [0.2, 0.25) is 0 Å². The average molecular weight is 1100 g/mol. The first kappa shape index (κ1) is 74.7. The molecule has 0 radical (unpaired) electrons. The topological polar surface area (TPSA) is 105 Å². The molecule has 77 heavy (non-hydrogen) atoms. The SMILES string of the molecule is CC/C=C\C/C=C\C/C=C\C/C=C\C/C=C\C/C=C\C/C=C\CCCCCC(=O)NC(COP(=O)(O)OCC[N+](C)(C)C)C(O)CCCCCCCCCCCCCCCCCCCCCCCCCCCCCCCC. The summed E-state index contributed by atoms with van der Waals surface area (Å²) in [6.07, 6.45) is 82.4. The number of allylic oxidation sites excluding steroid dienone is 14. The molecule has 0 aliphatic carbocycles. The van der Waals surface area contributed by atoms with Crippen molar-refractivity contribution in [1.29, 1.82) is 0 Å². The third kappa shape index (κ3) is 61.2. The van der Waals surface area contributed by atoms with E-state index in [0.29, 0.717) is 23.9 Å². The molecule has 0 aliphatic heterocycles. The number of hydrogen-bond acceptors (Lipinski definition) is 5. The highest BCUT2D eigenvalue weighted by molar-refractivity contribution is 7.47. The molecule has 0 aromatic carbocycles. The van der Waals surface area contributed by atoms with Crippen LogP contribution in [0.15, 0.2) is 85.1 Å². The zero-order valence-corrected chi connectivity index (χ0v) is 52.1. The van der Waals surface area contributed by atoms with Gasteiger partial charge in [0, 0.05) is 6.42 Å². The molecule has 0 aromatic heterocycles. The number of hydrogen-bond donors (Lipinski definition) is 3. The number of unbranched alkanes of at least 4 members (excludes halogenated alkanes) is 32. The molecular formula is C68H126N2O6P+. The van der Waals surface area contributed by atoms with E-state index in [1.807, 2.05) is 21.1 Å². The van der Waals surface area contributed by atoms with E-state index in [1.54, 1.807) is 0 Å². The maximum Gasteiger partial charge on any atom is 0.472 e. The van der Waals surface area contributed by atoms with Gasteiger partial charge in [0.15, 0.2) is 0 Å². The van der Waals surface area contributed by atoms with Gasteiger partial charge in [0.1, 0.15) is 13.2 Å². The molecule has 9 heteroatoms. The third-order valence-electron chi connectivity index (χ3n) is 14.4. The van der Waals surface area contributed by atoms with Gasteiger partial charge in [0.2, 0.25) is 5.91 Å². The summed E-state index contributed by atoms with van der Waals surface area (Å²) in [5, 5.41) is 14.1. The number of phosphoric ester groups is 1. The fraction of sp³-hybridized carbons (Fsp3) is 0.779. The molecule has 1 amide bonds. The van der Waals surface area contributed by atoms with Crippen molar-refractivity contribution in [1.82, 2.24) is 5.32 Å². The molecule has 3 atom stereocenters. The number of likely N-dealkylation sites (N-methyl/N-ethyl adjacent to an activating group) is 1. The molecule has 0 saturated carbocycles. The van der Waals surface area contributed by atoms with E-state index in [-0.39, 0.29) is 19.1 Å². The molecule has 0 spiro atoms. The number of aliphatic hydroxyl groups excluding tert-OH is 1. The number of nitrogens with one attached hydrogen (secondary N) is 1. The van der Waals surface area contributed by atoms with Gasteiger partial charge in [-0.2, -0.15) is 0 Å². The molecule has 0 rings (SSSR count). The maximum atomic E-state index is 13.0. The van der Waals surface area contributed by atoms with Crippen LogP contribution < -0.4 is 5.32 Å². The Morgan fingerprint density at radius 2 is 0.779 bits per heavy atom. The van der Waals surface area contributed by atoms with Gasteiger partial charge < -0.3 is 19.8 Å². The van der Waals surface area contributed by atoms with Crippen LogP contribution in [0.1, 0.15) is 290 Å². The summed E-state index contributed by atoms with van der Waals surface area (Å²) in [5.74, 6) is -0.176. The molecule has 0 aliphatic rings. The molecule has 3 unspecified atom stereocenters. The second kappa shape index (κ2) is 58.3. The largest absolute Gasteiger partial charge is 0.472 e. The van der Waals surface area contributed by atoms with Crippen molar-refractivity contribution in [3.63, 3.8) is 0 Å². The molecule has 0 saturated heterocycles. The quantitative estimate of drug-likeness (QED) is 0.0243. The highest BCUT2D eigenvalue weighted by Crippen LogP contribution is 2.43. The predicted molar refractivity (Wildman–Crippen MR) is 336 cm³/mol. The van der Waals surface area contributed by atoms with Crippen LogP contribution in [0, 0.1) is 0 Å². The molecule has 448 valence electrons. The van der Waals surface area contributed by atoms with E-state index in [9.17, 15) is 19.4 Å². The number of rotatable bonds is 59. The van der Waals surface area contributed by atoms with Crippen molar-refractivity contribution in [3.8, 4) is 0 Å². The van der Waals surface area contributed by atoms with Gasteiger partial charge in [0.05, 0.1) is 39.9 Å². The summed E-state index contributed by atoms with van der Waals surface area (Å²) < 4.78 is 23.8. The molecule has 0 aromatic rings.